The summed E-state index contributed by atoms with van der Waals surface area (Å²) in [6.45, 7) is 0. The fourth-order valence-electron chi connectivity index (χ4n) is 8.55. The molecule has 0 amide bonds. The minimum atomic E-state index is 0.903. The van der Waals surface area contributed by atoms with Crippen molar-refractivity contribution in [2.45, 2.75) is 0 Å². The van der Waals surface area contributed by atoms with Crippen LogP contribution in [0.15, 0.2) is 174 Å². The van der Waals surface area contributed by atoms with E-state index in [9.17, 15) is 0 Å². The van der Waals surface area contributed by atoms with E-state index in [1.54, 1.807) is 0 Å². The van der Waals surface area contributed by atoms with Crippen LogP contribution in [-0.4, -0.2) is 9.13 Å². The molecule has 0 fully saturated rings. The van der Waals surface area contributed by atoms with E-state index in [0.29, 0.717) is 0 Å². The molecule has 4 aromatic heterocycles. The van der Waals surface area contributed by atoms with Crippen molar-refractivity contribution in [3.05, 3.63) is 170 Å². The highest BCUT2D eigenvalue weighted by Crippen LogP contribution is 2.41. The molecular formula is C48H28N2OS. The smallest absolute Gasteiger partial charge is 0.135 e. The van der Waals surface area contributed by atoms with Gasteiger partial charge in [0.05, 0.1) is 22.1 Å². The number of hydrogen-bond acceptors (Lipinski definition) is 2. The van der Waals surface area contributed by atoms with Crippen LogP contribution in [0.5, 0.6) is 0 Å². The predicted octanol–water partition coefficient (Wildman–Crippen LogP) is 13.8. The van der Waals surface area contributed by atoms with Gasteiger partial charge < -0.3 is 13.6 Å². The van der Waals surface area contributed by atoms with Crippen LogP contribution in [0.25, 0.3) is 108 Å². The van der Waals surface area contributed by atoms with Crippen molar-refractivity contribution in [3.8, 4) is 22.5 Å². The summed E-state index contributed by atoms with van der Waals surface area (Å²) in [7, 11) is 0. The minimum absolute atomic E-state index is 0.903. The van der Waals surface area contributed by atoms with Gasteiger partial charge in [-0.15, -0.1) is 11.3 Å². The summed E-state index contributed by atoms with van der Waals surface area (Å²) in [6, 6.07) is 61.9. The summed E-state index contributed by atoms with van der Waals surface area (Å²) >= 11 is 1.86. The number of hydrogen-bond donors (Lipinski definition) is 0. The lowest BCUT2D eigenvalue weighted by Gasteiger charge is -2.11. The maximum Gasteiger partial charge on any atom is 0.135 e. The van der Waals surface area contributed by atoms with Crippen LogP contribution in [-0.2, 0) is 0 Å². The average Bonchev–Trinajstić information content (AvgIpc) is 3.94. The summed E-state index contributed by atoms with van der Waals surface area (Å²) in [5, 5.41) is 9.90. The molecule has 0 aliphatic heterocycles. The normalized spacial score (nSPS) is 12.2. The number of fused-ring (bicyclic) bond motifs is 12. The third-order valence-corrected chi connectivity index (χ3v) is 12.1. The molecule has 242 valence electrons. The van der Waals surface area contributed by atoms with Crippen LogP contribution in [0, 0.1) is 0 Å². The van der Waals surface area contributed by atoms with Gasteiger partial charge in [-0.25, -0.2) is 0 Å². The fraction of sp³-hybridized carbons (Fsp3) is 0. The van der Waals surface area contributed by atoms with Crippen LogP contribution in [0.1, 0.15) is 0 Å². The maximum absolute atomic E-state index is 6.21. The van der Waals surface area contributed by atoms with Crippen molar-refractivity contribution in [3.63, 3.8) is 0 Å². The Balaban J connectivity index is 1.07. The van der Waals surface area contributed by atoms with Gasteiger partial charge in [0.1, 0.15) is 11.2 Å². The second-order valence-corrected chi connectivity index (χ2v) is 14.8. The van der Waals surface area contributed by atoms with Gasteiger partial charge >= 0.3 is 0 Å². The minimum Gasteiger partial charge on any atom is -0.456 e. The van der Waals surface area contributed by atoms with Gasteiger partial charge in [0.25, 0.3) is 0 Å². The van der Waals surface area contributed by atoms with E-state index in [1.807, 2.05) is 23.5 Å². The van der Waals surface area contributed by atoms with Crippen LogP contribution in [0.4, 0.5) is 0 Å². The molecule has 4 heterocycles. The molecule has 4 heteroatoms. The Morgan fingerprint density at radius 3 is 1.67 bits per heavy atom. The molecule has 52 heavy (non-hydrogen) atoms. The third kappa shape index (κ3) is 3.90. The van der Waals surface area contributed by atoms with Crippen LogP contribution < -0.4 is 0 Å². The largest absolute Gasteiger partial charge is 0.456 e. The van der Waals surface area contributed by atoms with Gasteiger partial charge in [0.15, 0.2) is 0 Å². The molecule has 8 aromatic carbocycles. The highest BCUT2D eigenvalue weighted by Gasteiger charge is 2.19. The topological polar surface area (TPSA) is 23.0 Å². The van der Waals surface area contributed by atoms with Gasteiger partial charge in [-0.3, -0.25) is 0 Å². The standard InChI is InChI=1S/C48H28N2OS/c1-5-13-41-33(9-1)37-27-38-34-10-2-6-14-42(34)50(32-22-23-46-39(26-32)35-11-3-7-15-45(35)51-46)44(38)28-43(37)49(41)31-20-17-29(18-21-31)30-19-24-48-40(25-30)36-12-4-8-16-47(36)52-48/h1-28H. The van der Waals surface area contributed by atoms with Crippen molar-refractivity contribution in [2.24, 2.45) is 0 Å². The van der Waals surface area contributed by atoms with Gasteiger partial charge in [0, 0.05) is 63.9 Å². The van der Waals surface area contributed by atoms with Gasteiger partial charge in [-0.2, -0.15) is 0 Å². The van der Waals surface area contributed by atoms with E-state index in [0.717, 1.165) is 33.3 Å². The predicted molar refractivity (Wildman–Crippen MR) is 221 cm³/mol. The van der Waals surface area contributed by atoms with Crippen LogP contribution in [0.3, 0.4) is 0 Å². The summed E-state index contributed by atoms with van der Waals surface area (Å²) in [5.74, 6) is 0. The molecule has 0 bridgehead atoms. The van der Waals surface area contributed by atoms with Crippen molar-refractivity contribution in [2.75, 3.05) is 0 Å². The Labute approximate surface area is 301 Å². The molecule has 0 spiro atoms. The highest BCUT2D eigenvalue weighted by molar-refractivity contribution is 7.25. The second kappa shape index (κ2) is 10.5. The third-order valence-electron chi connectivity index (χ3n) is 10.9. The highest BCUT2D eigenvalue weighted by atomic mass is 32.1. The molecule has 0 atom stereocenters. The molecular weight excluding hydrogens is 653 g/mol. The van der Waals surface area contributed by atoms with Gasteiger partial charge in [0.2, 0.25) is 0 Å². The number of para-hydroxylation sites is 3. The number of furan rings is 1. The average molecular weight is 681 g/mol. The van der Waals surface area contributed by atoms with Gasteiger partial charge in [-0.1, -0.05) is 91.0 Å². The number of aromatic nitrogens is 2. The lowest BCUT2D eigenvalue weighted by atomic mass is 10.0. The Kier molecular flexibility index (Phi) is 5.65. The Bertz CT molecular complexity index is 3410. The van der Waals surface area contributed by atoms with E-state index in [4.69, 9.17) is 4.42 Å². The summed E-state index contributed by atoms with van der Waals surface area (Å²) in [5.41, 5.74) is 11.3. The second-order valence-electron chi connectivity index (χ2n) is 13.7. The van der Waals surface area contributed by atoms with Crippen molar-refractivity contribution in [1.82, 2.24) is 9.13 Å². The molecule has 0 aliphatic carbocycles. The maximum atomic E-state index is 6.21. The van der Waals surface area contributed by atoms with Gasteiger partial charge in [-0.05, 0) is 90.0 Å². The molecule has 0 N–H and O–H groups in total. The van der Waals surface area contributed by atoms with E-state index in [-0.39, 0.29) is 0 Å². The summed E-state index contributed by atoms with van der Waals surface area (Å²) in [6.07, 6.45) is 0. The van der Waals surface area contributed by atoms with E-state index in [2.05, 4.69) is 167 Å². The molecule has 0 saturated carbocycles. The Morgan fingerprint density at radius 1 is 0.327 bits per heavy atom. The van der Waals surface area contributed by atoms with Crippen molar-refractivity contribution >= 4 is 97.1 Å². The SMILES string of the molecule is c1ccc2c(c1)oc1ccc(-n3c4ccccc4c4cc5c6ccccc6n(-c6ccc(-c7ccc8sc9ccccc9c8c7)cc6)c5cc43)cc12. The molecule has 12 aromatic rings. The summed E-state index contributed by atoms with van der Waals surface area (Å²) in [4.78, 5) is 0. The first-order valence-corrected chi connectivity index (χ1v) is 18.5. The molecule has 12 rings (SSSR count). The Morgan fingerprint density at radius 2 is 0.904 bits per heavy atom. The zero-order chi connectivity index (χ0) is 33.9. The van der Waals surface area contributed by atoms with E-state index in [1.165, 1.54) is 74.9 Å². The monoisotopic (exact) mass is 680 g/mol. The fourth-order valence-corrected chi connectivity index (χ4v) is 9.64. The van der Waals surface area contributed by atoms with Crippen LogP contribution in [0.2, 0.25) is 0 Å². The number of benzene rings is 8. The van der Waals surface area contributed by atoms with E-state index >= 15 is 0 Å². The molecule has 0 radical (unpaired) electrons. The molecule has 0 saturated heterocycles. The lowest BCUT2D eigenvalue weighted by Crippen LogP contribution is -1.96. The van der Waals surface area contributed by atoms with Crippen molar-refractivity contribution < 1.29 is 4.42 Å². The first kappa shape index (κ1) is 28.1. The lowest BCUT2D eigenvalue weighted by molar-refractivity contribution is 0.669. The zero-order valence-corrected chi connectivity index (χ0v) is 28.7. The van der Waals surface area contributed by atoms with Crippen LogP contribution >= 0.6 is 11.3 Å². The Hall–Kier alpha value is -6.62. The first-order chi connectivity index (χ1) is 25.8. The van der Waals surface area contributed by atoms with E-state index < -0.39 is 0 Å². The zero-order valence-electron chi connectivity index (χ0n) is 27.9. The van der Waals surface area contributed by atoms with Crippen molar-refractivity contribution in [1.29, 1.82) is 0 Å². The number of thiophene rings is 1. The summed E-state index contributed by atoms with van der Waals surface area (Å²) < 4.78 is 13.7. The quantitative estimate of drug-likeness (QED) is 0.182. The molecule has 3 nitrogen and oxygen atoms in total. The number of nitrogens with zero attached hydrogens (tertiary/aromatic N) is 2. The molecule has 0 unspecified atom stereocenters. The number of rotatable bonds is 3. The molecule has 0 aliphatic rings. The first-order valence-electron chi connectivity index (χ1n) is 17.7.